The average molecular weight is 398 g/mol. The van der Waals surface area contributed by atoms with Gasteiger partial charge in [0, 0.05) is 64.9 Å². The normalized spacial score (nSPS) is 16.5. The van der Waals surface area contributed by atoms with E-state index in [1.165, 1.54) is 10.6 Å². The summed E-state index contributed by atoms with van der Waals surface area (Å²) in [6, 6.07) is 0. The summed E-state index contributed by atoms with van der Waals surface area (Å²) in [7, 11) is 5.42. The van der Waals surface area contributed by atoms with Crippen molar-refractivity contribution in [2.45, 2.75) is 32.9 Å². The second-order valence-electron chi connectivity index (χ2n) is 7.79. The molecular weight excluding hydrogens is 366 g/mol. The number of amides is 2. The number of aromatic nitrogens is 1. The topological polar surface area (TPSA) is 70.4 Å². The summed E-state index contributed by atoms with van der Waals surface area (Å²) in [6.45, 7) is 9.28. The third-order valence-electron chi connectivity index (χ3n) is 4.40. The minimum Gasteiger partial charge on any atom is -0.444 e. The lowest BCUT2D eigenvalue weighted by atomic mass is 10.2. The van der Waals surface area contributed by atoms with Gasteiger partial charge in [-0.3, -0.25) is 14.7 Å². The second kappa shape index (κ2) is 8.88. The zero-order valence-corrected chi connectivity index (χ0v) is 18.0. The highest BCUT2D eigenvalue weighted by Crippen LogP contribution is 2.11. The van der Waals surface area contributed by atoms with Crippen molar-refractivity contribution in [3.63, 3.8) is 0 Å². The van der Waals surface area contributed by atoms with Gasteiger partial charge in [-0.15, -0.1) is 11.3 Å². The Morgan fingerprint density at radius 1 is 1.26 bits per heavy atom. The van der Waals surface area contributed by atoms with E-state index in [-0.39, 0.29) is 12.5 Å². The maximum atomic E-state index is 12.5. The molecular formula is C18H31N5O3S. The number of ether oxygens (including phenoxy) is 1. The van der Waals surface area contributed by atoms with E-state index >= 15 is 0 Å². The molecule has 0 N–H and O–H groups in total. The largest absolute Gasteiger partial charge is 0.444 e. The zero-order chi connectivity index (χ0) is 20.2. The van der Waals surface area contributed by atoms with E-state index in [4.69, 9.17) is 4.74 Å². The molecule has 0 unspecified atom stereocenters. The zero-order valence-electron chi connectivity index (χ0n) is 17.2. The fourth-order valence-electron chi connectivity index (χ4n) is 2.84. The van der Waals surface area contributed by atoms with Gasteiger partial charge in [-0.1, -0.05) is 0 Å². The quantitative estimate of drug-likeness (QED) is 0.764. The first kappa shape index (κ1) is 21.4. The SMILES string of the molecule is CN=c1scc(CN2CCN(C(=O)CN(C)C(=O)OC(C)(C)C)CC2)n1C. The van der Waals surface area contributed by atoms with Crippen LogP contribution in [0.3, 0.4) is 0 Å². The van der Waals surface area contributed by atoms with Crippen molar-refractivity contribution in [3.8, 4) is 0 Å². The molecule has 2 rings (SSSR count). The third kappa shape index (κ3) is 6.07. The van der Waals surface area contributed by atoms with E-state index in [0.717, 1.165) is 24.4 Å². The Kier molecular flexibility index (Phi) is 7.05. The number of rotatable bonds is 4. The number of carbonyl (C=O) groups is 2. The van der Waals surface area contributed by atoms with Crippen LogP contribution in [0.2, 0.25) is 0 Å². The smallest absolute Gasteiger partial charge is 0.410 e. The molecule has 1 aromatic rings. The first-order valence-corrected chi connectivity index (χ1v) is 9.99. The number of nitrogens with zero attached hydrogens (tertiary/aromatic N) is 5. The van der Waals surface area contributed by atoms with Gasteiger partial charge in [-0.25, -0.2) is 4.79 Å². The van der Waals surface area contributed by atoms with Crippen molar-refractivity contribution in [2.24, 2.45) is 12.0 Å². The van der Waals surface area contributed by atoms with Crippen molar-refractivity contribution in [1.82, 2.24) is 19.3 Å². The Hall–Kier alpha value is -1.87. The standard InChI is InChI=1S/C18H31N5O3S/c1-18(2,3)26-17(25)20(5)12-15(24)23-9-7-22(8-10-23)11-14-13-27-16(19-4)21(14)6/h13H,7-12H2,1-6H3. The molecule has 1 aliphatic rings. The number of piperazine rings is 1. The lowest BCUT2D eigenvalue weighted by Crippen LogP contribution is -2.51. The molecule has 0 spiro atoms. The molecule has 0 atom stereocenters. The van der Waals surface area contributed by atoms with Crippen molar-refractivity contribution in [1.29, 1.82) is 0 Å². The van der Waals surface area contributed by atoms with Gasteiger partial charge in [0.25, 0.3) is 0 Å². The molecule has 8 nitrogen and oxygen atoms in total. The first-order valence-electron chi connectivity index (χ1n) is 9.11. The fourth-order valence-corrected chi connectivity index (χ4v) is 3.69. The van der Waals surface area contributed by atoms with Crippen LogP contribution in [0.1, 0.15) is 26.5 Å². The van der Waals surface area contributed by atoms with E-state index in [2.05, 4.69) is 19.8 Å². The van der Waals surface area contributed by atoms with Crippen molar-refractivity contribution in [2.75, 3.05) is 46.8 Å². The predicted molar refractivity (Wildman–Crippen MR) is 105 cm³/mol. The van der Waals surface area contributed by atoms with Gasteiger partial charge in [0.2, 0.25) is 5.91 Å². The monoisotopic (exact) mass is 397 g/mol. The van der Waals surface area contributed by atoms with Crippen molar-refractivity contribution < 1.29 is 14.3 Å². The highest BCUT2D eigenvalue weighted by molar-refractivity contribution is 7.07. The Bertz CT molecular complexity index is 726. The van der Waals surface area contributed by atoms with Gasteiger partial charge in [0.05, 0.1) is 0 Å². The van der Waals surface area contributed by atoms with Crippen LogP contribution in [0.15, 0.2) is 10.4 Å². The molecule has 2 amide bonds. The van der Waals surface area contributed by atoms with Crippen LogP contribution in [-0.2, 0) is 23.1 Å². The van der Waals surface area contributed by atoms with Gasteiger partial charge in [-0.2, -0.15) is 0 Å². The van der Waals surface area contributed by atoms with Gasteiger partial charge in [0.1, 0.15) is 12.1 Å². The van der Waals surface area contributed by atoms with E-state index in [1.807, 2.05) is 32.7 Å². The summed E-state index contributed by atoms with van der Waals surface area (Å²) in [5, 5.41) is 2.13. The molecule has 2 heterocycles. The van der Waals surface area contributed by atoms with Crippen LogP contribution in [-0.4, -0.2) is 83.7 Å². The summed E-state index contributed by atoms with van der Waals surface area (Å²) >= 11 is 1.64. The number of thiazole rings is 1. The van der Waals surface area contributed by atoms with Crippen LogP contribution < -0.4 is 4.80 Å². The summed E-state index contributed by atoms with van der Waals surface area (Å²) < 4.78 is 7.40. The molecule has 0 saturated carbocycles. The number of hydrogen-bond donors (Lipinski definition) is 0. The molecule has 27 heavy (non-hydrogen) atoms. The lowest BCUT2D eigenvalue weighted by molar-refractivity contribution is -0.133. The van der Waals surface area contributed by atoms with Gasteiger partial charge in [-0.05, 0) is 20.8 Å². The molecule has 1 aromatic heterocycles. The van der Waals surface area contributed by atoms with E-state index in [1.54, 1.807) is 25.4 Å². The Balaban J connectivity index is 1.81. The van der Waals surface area contributed by atoms with Crippen LogP contribution in [0.4, 0.5) is 4.79 Å². The summed E-state index contributed by atoms with van der Waals surface area (Å²) in [5.74, 6) is -0.0452. The minimum absolute atomic E-state index is 0.0375. The summed E-state index contributed by atoms with van der Waals surface area (Å²) in [5.41, 5.74) is 0.660. The second-order valence-corrected chi connectivity index (χ2v) is 8.62. The maximum absolute atomic E-state index is 12.5. The van der Waals surface area contributed by atoms with E-state index < -0.39 is 11.7 Å². The third-order valence-corrected chi connectivity index (χ3v) is 5.45. The highest BCUT2D eigenvalue weighted by atomic mass is 32.1. The van der Waals surface area contributed by atoms with E-state index in [9.17, 15) is 9.59 Å². The number of hydrogen-bond acceptors (Lipinski definition) is 6. The molecule has 9 heteroatoms. The molecule has 0 radical (unpaired) electrons. The molecule has 152 valence electrons. The molecule has 1 fully saturated rings. The Morgan fingerprint density at radius 2 is 1.89 bits per heavy atom. The molecule has 0 aliphatic carbocycles. The molecule has 1 aliphatic heterocycles. The Labute approximate surface area is 165 Å². The maximum Gasteiger partial charge on any atom is 0.410 e. The van der Waals surface area contributed by atoms with Gasteiger partial charge in [0.15, 0.2) is 4.80 Å². The van der Waals surface area contributed by atoms with Gasteiger partial charge >= 0.3 is 6.09 Å². The molecule has 0 bridgehead atoms. The lowest BCUT2D eigenvalue weighted by Gasteiger charge is -2.35. The highest BCUT2D eigenvalue weighted by Gasteiger charge is 2.25. The first-order chi connectivity index (χ1) is 12.6. The van der Waals surface area contributed by atoms with Crippen LogP contribution >= 0.6 is 11.3 Å². The average Bonchev–Trinajstić information content (AvgIpc) is 2.93. The number of carbonyl (C=O) groups excluding carboxylic acids is 2. The van der Waals surface area contributed by atoms with Crippen molar-refractivity contribution >= 4 is 23.3 Å². The molecule has 1 saturated heterocycles. The summed E-state index contributed by atoms with van der Waals surface area (Å²) in [6.07, 6.45) is -0.475. The minimum atomic E-state index is -0.567. The summed E-state index contributed by atoms with van der Waals surface area (Å²) in [4.78, 5) is 35.2. The Morgan fingerprint density at radius 3 is 2.41 bits per heavy atom. The van der Waals surface area contributed by atoms with Crippen LogP contribution in [0, 0.1) is 0 Å². The van der Waals surface area contributed by atoms with Gasteiger partial charge < -0.3 is 19.1 Å². The fraction of sp³-hybridized carbons (Fsp3) is 0.722. The number of likely N-dealkylation sites (N-methyl/N-ethyl adjacent to an activating group) is 1. The van der Waals surface area contributed by atoms with Crippen LogP contribution in [0.5, 0.6) is 0 Å². The van der Waals surface area contributed by atoms with E-state index in [0.29, 0.717) is 13.1 Å². The van der Waals surface area contributed by atoms with Crippen LogP contribution in [0.25, 0.3) is 0 Å². The molecule has 0 aromatic carbocycles. The predicted octanol–water partition coefficient (Wildman–Crippen LogP) is 1.13. The van der Waals surface area contributed by atoms with Crippen molar-refractivity contribution in [3.05, 3.63) is 15.9 Å².